The zero-order valence-corrected chi connectivity index (χ0v) is 21.3. The molecule has 37 heavy (non-hydrogen) atoms. The Kier molecular flexibility index (Phi) is 8.98. The minimum atomic E-state index is -1.11. The van der Waals surface area contributed by atoms with E-state index in [0.29, 0.717) is 22.4 Å². The minimum Gasteiger partial charge on any atom is -0.452 e. The normalized spacial score (nSPS) is 23.0. The Hall–Kier alpha value is -3.62. The van der Waals surface area contributed by atoms with Crippen LogP contribution in [0, 0.1) is 0 Å². The van der Waals surface area contributed by atoms with Crippen LogP contribution in [0.1, 0.15) is 44.9 Å². The molecule has 0 amide bonds. The van der Waals surface area contributed by atoms with Gasteiger partial charge in [-0.15, -0.1) is 11.8 Å². The Bertz CT molecular complexity index is 1190. The van der Waals surface area contributed by atoms with Crippen molar-refractivity contribution < 1.29 is 33.3 Å². The van der Waals surface area contributed by atoms with Crippen molar-refractivity contribution in [3.8, 4) is 0 Å². The van der Waals surface area contributed by atoms with Crippen molar-refractivity contribution in [3.63, 3.8) is 0 Å². The van der Waals surface area contributed by atoms with E-state index in [2.05, 4.69) is 0 Å². The number of benzene rings is 3. The van der Waals surface area contributed by atoms with Crippen molar-refractivity contribution in [2.45, 2.75) is 43.7 Å². The summed E-state index contributed by atoms with van der Waals surface area (Å²) in [6.07, 6.45) is -3.81. The first-order chi connectivity index (χ1) is 18.0. The van der Waals surface area contributed by atoms with Crippen LogP contribution in [0.5, 0.6) is 0 Å². The van der Waals surface area contributed by atoms with E-state index in [-0.39, 0.29) is 0 Å². The maximum absolute atomic E-state index is 13.1. The summed E-state index contributed by atoms with van der Waals surface area (Å²) in [5.74, 6) is -1.16. The van der Waals surface area contributed by atoms with E-state index in [9.17, 15) is 14.4 Å². The van der Waals surface area contributed by atoms with Gasteiger partial charge in [0.1, 0.15) is 5.44 Å². The first-order valence-corrected chi connectivity index (χ1v) is 13.1. The number of carbonyl (C=O) groups is 3. The summed E-state index contributed by atoms with van der Waals surface area (Å²) >= 11 is 1.41. The lowest BCUT2D eigenvalue weighted by molar-refractivity contribution is -0.195. The van der Waals surface area contributed by atoms with E-state index in [0.717, 1.165) is 0 Å². The van der Waals surface area contributed by atoms with Crippen molar-refractivity contribution in [2.75, 3.05) is 5.75 Å². The highest BCUT2D eigenvalue weighted by molar-refractivity contribution is 7.99. The van der Waals surface area contributed by atoms with E-state index >= 15 is 0 Å². The van der Waals surface area contributed by atoms with Crippen LogP contribution in [-0.4, -0.2) is 53.5 Å². The van der Waals surface area contributed by atoms with Gasteiger partial charge in [0.15, 0.2) is 18.3 Å². The van der Waals surface area contributed by atoms with E-state index in [1.54, 1.807) is 97.9 Å². The van der Waals surface area contributed by atoms with Crippen LogP contribution in [0.15, 0.2) is 91.0 Å². The van der Waals surface area contributed by atoms with E-state index in [1.165, 1.54) is 11.8 Å². The maximum Gasteiger partial charge on any atom is 0.338 e. The molecule has 0 spiro atoms. The zero-order chi connectivity index (χ0) is 26.2. The van der Waals surface area contributed by atoms with Gasteiger partial charge in [0.25, 0.3) is 0 Å². The molecule has 0 bridgehead atoms. The Labute approximate surface area is 220 Å². The third-order valence-corrected chi connectivity index (χ3v) is 6.86. The van der Waals surface area contributed by atoms with Crippen LogP contribution in [-0.2, 0) is 18.9 Å². The molecule has 0 aliphatic carbocycles. The molecule has 0 radical (unpaired) electrons. The second-order valence-electron chi connectivity index (χ2n) is 8.37. The van der Waals surface area contributed by atoms with Crippen molar-refractivity contribution in [1.29, 1.82) is 0 Å². The molecular weight excluding hydrogens is 492 g/mol. The van der Waals surface area contributed by atoms with Crippen molar-refractivity contribution in [1.82, 2.24) is 0 Å². The molecule has 5 unspecified atom stereocenters. The number of rotatable bonds is 8. The second-order valence-corrected chi connectivity index (χ2v) is 9.75. The predicted molar refractivity (Wildman–Crippen MR) is 139 cm³/mol. The van der Waals surface area contributed by atoms with Crippen molar-refractivity contribution >= 4 is 29.7 Å². The molecule has 1 fully saturated rings. The van der Waals surface area contributed by atoms with Crippen LogP contribution < -0.4 is 0 Å². The van der Waals surface area contributed by atoms with Crippen molar-refractivity contribution in [2.24, 2.45) is 0 Å². The molecule has 0 aromatic heterocycles. The third-order valence-electron chi connectivity index (χ3n) is 5.82. The first-order valence-electron chi connectivity index (χ1n) is 12.0. The van der Waals surface area contributed by atoms with Gasteiger partial charge in [-0.3, -0.25) is 0 Å². The molecule has 192 valence electrons. The second kappa shape index (κ2) is 12.6. The van der Waals surface area contributed by atoms with Crippen LogP contribution in [0.4, 0.5) is 0 Å². The van der Waals surface area contributed by atoms with Gasteiger partial charge < -0.3 is 18.9 Å². The van der Waals surface area contributed by atoms with Gasteiger partial charge in [-0.25, -0.2) is 14.4 Å². The minimum absolute atomic E-state index is 0.322. The lowest BCUT2D eigenvalue weighted by Gasteiger charge is -2.43. The standard InChI is InChI=1S/C29H28O7S/c1-3-37-29-25(36-28(32)22-17-11-6-12-18-22)24(35-27(31)21-15-9-5-10-16-21)23(19(2)33-29)34-26(30)20-13-7-4-8-14-20/h4-19,23-25,29H,3H2,1-2H3. The fourth-order valence-corrected chi connectivity index (χ4v) is 4.97. The number of esters is 3. The van der Waals surface area contributed by atoms with Crippen LogP contribution in [0.2, 0.25) is 0 Å². The van der Waals surface area contributed by atoms with Crippen LogP contribution in [0.25, 0.3) is 0 Å². The predicted octanol–water partition coefficient (Wildman–Crippen LogP) is 5.16. The molecule has 0 N–H and O–H groups in total. The topological polar surface area (TPSA) is 88.1 Å². The summed E-state index contributed by atoms with van der Waals surface area (Å²) in [6, 6.07) is 25.5. The van der Waals surface area contributed by atoms with Gasteiger partial charge in [0, 0.05) is 0 Å². The summed E-state index contributed by atoms with van der Waals surface area (Å²) in [5.41, 5.74) is 0.355. The molecule has 1 saturated heterocycles. The molecule has 1 heterocycles. The maximum atomic E-state index is 13.1. The number of hydrogen-bond acceptors (Lipinski definition) is 8. The van der Waals surface area contributed by atoms with Crippen molar-refractivity contribution in [3.05, 3.63) is 108 Å². The van der Waals surface area contributed by atoms with Gasteiger partial charge >= 0.3 is 17.9 Å². The molecule has 1 aliphatic rings. The Morgan fingerprint density at radius 1 is 0.649 bits per heavy atom. The summed E-state index contributed by atoms with van der Waals surface area (Å²) in [5, 5.41) is 0. The van der Waals surface area contributed by atoms with Crippen LogP contribution >= 0.6 is 11.8 Å². The molecule has 3 aromatic carbocycles. The average molecular weight is 521 g/mol. The fourth-order valence-electron chi connectivity index (χ4n) is 3.99. The molecule has 8 heteroatoms. The van der Waals surface area contributed by atoms with E-state index in [4.69, 9.17) is 18.9 Å². The van der Waals surface area contributed by atoms with Gasteiger partial charge in [-0.1, -0.05) is 61.5 Å². The number of carbonyl (C=O) groups excluding carboxylic acids is 3. The summed E-state index contributed by atoms with van der Waals surface area (Å²) < 4.78 is 23.8. The summed E-state index contributed by atoms with van der Waals surface area (Å²) in [6.45, 7) is 3.69. The fraction of sp³-hybridized carbons (Fsp3) is 0.276. The molecule has 1 aliphatic heterocycles. The highest BCUT2D eigenvalue weighted by Gasteiger charge is 2.51. The monoisotopic (exact) mass is 520 g/mol. The SMILES string of the molecule is CCSC1OC(C)C(OC(=O)c2ccccc2)C(OC(=O)c2ccccc2)C1OC(=O)c1ccccc1. The van der Waals surface area contributed by atoms with Gasteiger partial charge in [-0.2, -0.15) is 0 Å². The number of thioether (sulfide) groups is 1. The Morgan fingerprint density at radius 3 is 1.43 bits per heavy atom. The lowest BCUT2D eigenvalue weighted by Crippen LogP contribution is -2.60. The highest BCUT2D eigenvalue weighted by atomic mass is 32.2. The number of hydrogen-bond donors (Lipinski definition) is 0. The largest absolute Gasteiger partial charge is 0.452 e. The zero-order valence-electron chi connectivity index (χ0n) is 20.5. The molecule has 0 saturated carbocycles. The van der Waals surface area contributed by atoms with Crippen LogP contribution in [0.3, 0.4) is 0 Å². The molecule has 5 atom stereocenters. The van der Waals surface area contributed by atoms with E-state index in [1.807, 2.05) is 6.92 Å². The first kappa shape index (κ1) is 26.4. The summed E-state index contributed by atoms with van der Waals surface area (Å²) in [4.78, 5) is 39.2. The van der Waals surface area contributed by atoms with Gasteiger partial charge in [0.2, 0.25) is 0 Å². The molecule has 4 rings (SSSR count). The van der Waals surface area contributed by atoms with E-state index < -0.39 is 47.8 Å². The Balaban J connectivity index is 1.67. The van der Waals surface area contributed by atoms with Gasteiger partial charge in [0.05, 0.1) is 22.8 Å². The smallest absolute Gasteiger partial charge is 0.338 e. The molecule has 7 nitrogen and oxygen atoms in total. The quantitative estimate of drug-likeness (QED) is 0.297. The highest BCUT2D eigenvalue weighted by Crippen LogP contribution is 2.35. The molecule has 3 aromatic rings. The molecular formula is C29H28O7S. The summed E-state index contributed by atoms with van der Waals surface area (Å²) in [7, 11) is 0. The lowest BCUT2D eigenvalue weighted by atomic mass is 9.99. The third kappa shape index (κ3) is 6.58. The Morgan fingerprint density at radius 2 is 1.03 bits per heavy atom. The average Bonchev–Trinajstić information content (AvgIpc) is 2.94. The number of ether oxygens (including phenoxy) is 4. The van der Waals surface area contributed by atoms with Gasteiger partial charge in [-0.05, 0) is 49.1 Å².